The fraction of sp³-hybridized carbons (Fsp3) is 0.222. The van der Waals surface area contributed by atoms with Crippen molar-refractivity contribution < 1.29 is 22.7 Å². The van der Waals surface area contributed by atoms with Gasteiger partial charge in [-0.2, -0.15) is 0 Å². The number of halogens is 1. The zero-order valence-corrected chi connectivity index (χ0v) is 16.1. The molecule has 2 N–H and O–H groups in total. The van der Waals surface area contributed by atoms with Crippen molar-refractivity contribution in [3.8, 4) is 0 Å². The molecule has 0 atom stereocenters. The first-order valence-corrected chi connectivity index (χ1v) is 9.90. The Labute approximate surface area is 162 Å². The average molecular weight is 411 g/mol. The number of sulfonamides is 1. The van der Waals surface area contributed by atoms with Gasteiger partial charge >= 0.3 is 5.97 Å². The minimum Gasteiger partial charge on any atom is -0.452 e. The highest BCUT2D eigenvalue weighted by atomic mass is 35.5. The lowest BCUT2D eigenvalue weighted by Crippen LogP contribution is -2.30. The second-order valence-electron chi connectivity index (χ2n) is 5.54. The van der Waals surface area contributed by atoms with E-state index in [0.29, 0.717) is 18.0 Å². The standard InChI is InChI=1S/C18H19ClN2O5S/c1-20-27(24,25)16-7-3-5-14(11-16)18(23)26-12-17(22)21-9-8-13-4-2-6-15(19)10-13/h2-7,10-11,20H,8-9,12H2,1H3,(H,21,22). The Morgan fingerprint density at radius 1 is 1.11 bits per heavy atom. The van der Waals surface area contributed by atoms with Crippen LogP contribution in [0.25, 0.3) is 0 Å². The van der Waals surface area contributed by atoms with E-state index in [9.17, 15) is 18.0 Å². The van der Waals surface area contributed by atoms with Gasteiger partial charge < -0.3 is 10.1 Å². The molecule has 2 aromatic carbocycles. The number of carbonyl (C=O) groups is 2. The minimum atomic E-state index is -3.67. The van der Waals surface area contributed by atoms with Gasteiger partial charge in [0, 0.05) is 11.6 Å². The molecule has 0 aromatic heterocycles. The summed E-state index contributed by atoms with van der Waals surface area (Å²) >= 11 is 5.89. The summed E-state index contributed by atoms with van der Waals surface area (Å²) in [5.74, 6) is -1.24. The summed E-state index contributed by atoms with van der Waals surface area (Å²) in [6.45, 7) is -0.0932. The van der Waals surface area contributed by atoms with Crippen molar-refractivity contribution >= 4 is 33.5 Å². The first kappa shape index (κ1) is 20.9. The molecule has 2 aromatic rings. The molecule has 2 rings (SSSR count). The molecule has 0 unspecified atom stereocenters. The molecule has 0 aliphatic rings. The van der Waals surface area contributed by atoms with E-state index in [0.717, 1.165) is 5.56 Å². The van der Waals surface area contributed by atoms with Crippen molar-refractivity contribution in [2.24, 2.45) is 0 Å². The molecule has 0 radical (unpaired) electrons. The number of benzene rings is 2. The van der Waals surface area contributed by atoms with Crippen LogP contribution >= 0.6 is 11.6 Å². The highest BCUT2D eigenvalue weighted by Crippen LogP contribution is 2.12. The maximum Gasteiger partial charge on any atom is 0.338 e. The Morgan fingerprint density at radius 3 is 2.56 bits per heavy atom. The molecule has 0 spiro atoms. The molecule has 0 saturated carbocycles. The summed E-state index contributed by atoms with van der Waals surface area (Å²) in [5, 5.41) is 3.26. The Kier molecular flexibility index (Phi) is 7.35. The molecular formula is C18H19ClN2O5S. The molecule has 1 amide bonds. The van der Waals surface area contributed by atoms with Crippen molar-refractivity contribution in [3.05, 3.63) is 64.7 Å². The molecule has 27 heavy (non-hydrogen) atoms. The lowest BCUT2D eigenvalue weighted by molar-refractivity contribution is -0.124. The lowest BCUT2D eigenvalue weighted by atomic mass is 10.1. The summed E-state index contributed by atoms with van der Waals surface area (Å²) in [4.78, 5) is 23.7. The number of ether oxygens (including phenoxy) is 1. The molecule has 144 valence electrons. The van der Waals surface area contributed by atoms with E-state index in [-0.39, 0.29) is 10.5 Å². The van der Waals surface area contributed by atoms with Crippen LogP contribution < -0.4 is 10.0 Å². The van der Waals surface area contributed by atoms with Crippen LogP contribution in [0.3, 0.4) is 0 Å². The predicted molar refractivity (Wildman–Crippen MR) is 101 cm³/mol. The monoisotopic (exact) mass is 410 g/mol. The molecule has 9 heteroatoms. The van der Waals surface area contributed by atoms with Gasteiger partial charge in [-0.3, -0.25) is 4.79 Å². The zero-order chi connectivity index (χ0) is 19.9. The van der Waals surface area contributed by atoms with Crippen molar-refractivity contribution in [1.82, 2.24) is 10.0 Å². The summed E-state index contributed by atoms with van der Waals surface area (Å²) in [6.07, 6.45) is 0.587. The van der Waals surface area contributed by atoms with Gasteiger partial charge in [-0.1, -0.05) is 29.8 Å². The van der Waals surface area contributed by atoms with E-state index in [1.165, 1.54) is 31.3 Å². The third kappa shape index (κ3) is 6.35. The number of nitrogens with one attached hydrogen (secondary N) is 2. The number of hydrogen-bond acceptors (Lipinski definition) is 5. The molecule has 0 saturated heterocycles. The van der Waals surface area contributed by atoms with Crippen LogP contribution in [0.15, 0.2) is 53.4 Å². The van der Waals surface area contributed by atoms with Gasteiger partial charge in [0.25, 0.3) is 5.91 Å². The maximum absolute atomic E-state index is 12.0. The van der Waals surface area contributed by atoms with Gasteiger partial charge in [0.05, 0.1) is 10.5 Å². The van der Waals surface area contributed by atoms with Crippen LogP contribution in [0.1, 0.15) is 15.9 Å². The highest BCUT2D eigenvalue weighted by molar-refractivity contribution is 7.89. The van der Waals surface area contributed by atoms with Crippen molar-refractivity contribution in [1.29, 1.82) is 0 Å². The van der Waals surface area contributed by atoms with E-state index in [2.05, 4.69) is 10.0 Å². The molecule has 7 nitrogen and oxygen atoms in total. The van der Waals surface area contributed by atoms with E-state index in [1.807, 2.05) is 12.1 Å². The third-order valence-corrected chi connectivity index (χ3v) is 5.26. The second-order valence-corrected chi connectivity index (χ2v) is 7.86. The summed E-state index contributed by atoms with van der Waals surface area (Å²) in [5.41, 5.74) is 1.01. The van der Waals surface area contributed by atoms with Gasteiger partial charge in [-0.05, 0) is 49.4 Å². The molecule has 0 fully saturated rings. The molecular weight excluding hydrogens is 392 g/mol. The second kappa shape index (κ2) is 9.50. The first-order chi connectivity index (χ1) is 12.8. The van der Waals surface area contributed by atoms with Gasteiger partial charge in [-0.15, -0.1) is 0 Å². The zero-order valence-electron chi connectivity index (χ0n) is 14.6. The van der Waals surface area contributed by atoms with Crippen LogP contribution in [0.5, 0.6) is 0 Å². The van der Waals surface area contributed by atoms with Crippen molar-refractivity contribution in [2.45, 2.75) is 11.3 Å². The SMILES string of the molecule is CNS(=O)(=O)c1cccc(C(=O)OCC(=O)NCCc2cccc(Cl)c2)c1. The van der Waals surface area contributed by atoms with Crippen LogP contribution in [0.4, 0.5) is 0 Å². The predicted octanol–water partition coefficient (Wildman–Crippen LogP) is 1.76. The van der Waals surface area contributed by atoms with E-state index >= 15 is 0 Å². The van der Waals surface area contributed by atoms with Crippen molar-refractivity contribution in [3.63, 3.8) is 0 Å². The fourth-order valence-electron chi connectivity index (χ4n) is 2.21. The first-order valence-electron chi connectivity index (χ1n) is 8.04. The van der Waals surface area contributed by atoms with Crippen molar-refractivity contribution in [2.75, 3.05) is 20.2 Å². The summed E-state index contributed by atoms with van der Waals surface area (Å²) < 4.78 is 30.6. The lowest BCUT2D eigenvalue weighted by Gasteiger charge is -2.08. The van der Waals surface area contributed by atoms with E-state index in [1.54, 1.807) is 12.1 Å². The summed E-state index contributed by atoms with van der Waals surface area (Å²) in [7, 11) is -2.40. The maximum atomic E-state index is 12.0. The van der Waals surface area contributed by atoms with Crippen LogP contribution in [0, 0.1) is 0 Å². The normalized spacial score (nSPS) is 11.0. The molecule has 0 aliphatic carbocycles. The average Bonchev–Trinajstić information content (AvgIpc) is 2.66. The number of rotatable bonds is 8. The highest BCUT2D eigenvalue weighted by Gasteiger charge is 2.15. The Morgan fingerprint density at radius 2 is 1.85 bits per heavy atom. The Balaban J connectivity index is 1.83. The van der Waals surface area contributed by atoms with Gasteiger partial charge in [0.2, 0.25) is 10.0 Å². The van der Waals surface area contributed by atoms with E-state index in [4.69, 9.17) is 16.3 Å². The third-order valence-electron chi connectivity index (χ3n) is 3.61. The van der Waals surface area contributed by atoms with Gasteiger partial charge in [-0.25, -0.2) is 17.9 Å². The van der Waals surface area contributed by atoms with Crippen LogP contribution in [0.2, 0.25) is 5.02 Å². The number of hydrogen-bond donors (Lipinski definition) is 2. The van der Waals surface area contributed by atoms with Gasteiger partial charge in [0.1, 0.15) is 0 Å². The van der Waals surface area contributed by atoms with Gasteiger partial charge in [0.15, 0.2) is 6.61 Å². The minimum absolute atomic E-state index is 0.0399. The largest absolute Gasteiger partial charge is 0.452 e. The Hall–Kier alpha value is -2.42. The molecule has 0 aliphatic heterocycles. The van der Waals surface area contributed by atoms with Crippen LogP contribution in [-0.4, -0.2) is 40.5 Å². The fourth-order valence-corrected chi connectivity index (χ4v) is 3.20. The topological polar surface area (TPSA) is 102 Å². The smallest absolute Gasteiger partial charge is 0.338 e. The number of esters is 1. The molecule has 0 bridgehead atoms. The quantitative estimate of drug-likeness (QED) is 0.646. The number of amides is 1. The van der Waals surface area contributed by atoms with E-state index < -0.39 is 28.5 Å². The number of carbonyl (C=O) groups excluding carboxylic acids is 2. The Bertz CT molecular complexity index is 931. The van der Waals surface area contributed by atoms with Crippen LogP contribution in [-0.2, 0) is 26.0 Å². The summed E-state index contributed by atoms with van der Waals surface area (Å²) in [6, 6.07) is 12.7. The molecule has 0 heterocycles.